The lowest BCUT2D eigenvalue weighted by molar-refractivity contribution is -0.385. The van der Waals surface area contributed by atoms with Gasteiger partial charge in [0.15, 0.2) is 0 Å². The summed E-state index contributed by atoms with van der Waals surface area (Å²) in [6.45, 7) is 0.245. The highest BCUT2D eigenvalue weighted by Gasteiger charge is 2.09. The Kier molecular flexibility index (Phi) is 3.19. The first-order valence-corrected chi connectivity index (χ1v) is 6.32. The fraction of sp³-hybridized carbons (Fsp3) is 0.0667. The SMILES string of the molecule is O=c1ccc([N+](=O)[O-])cn1Cc1cccc2cccnc12. The predicted octanol–water partition coefficient (Wildman–Crippen LogP) is 2.35. The van der Waals surface area contributed by atoms with Gasteiger partial charge in [-0.1, -0.05) is 24.3 Å². The molecule has 2 heterocycles. The first-order valence-electron chi connectivity index (χ1n) is 6.32. The lowest BCUT2D eigenvalue weighted by atomic mass is 10.1. The molecule has 0 saturated heterocycles. The normalized spacial score (nSPS) is 10.7. The van der Waals surface area contributed by atoms with Crippen LogP contribution in [0.15, 0.2) is 59.7 Å². The molecule has 6 nitrogen and oxygen atoms in total. The summed E-state index contributed by atoms with van der Waals surface area (Å²) in [7, 11) is 0. The van der Waals surface area contributed by atoms with Gasteiger partial charge < -0.3 is 4.57 Å². The smallest absolute Gasteiger partial charge is 0.285 e. The van der Waals surface area contributed by atoms with E-state index in [2.05, 4.69) is 4.98 Å². The van der Waals surface area contributed by atoms with Crippen LogP contribution in [-0.2, 0) is 6.54 Å². The molecule has 2 aromatic heterocycles. The minimum atomic E-state index is -0.517. The zero-order valence-corrected chi connectivity index (χ0v) is 11.0. The molecule has 0 aliphatic carbocycles. The summed E-state index contributed by atoms with van der Waals surface area (Å²) in [5.41, 5.74) is 1.24. The Morgan fingerprint density at radius 3 is 2.76 bits per heavy atom. The van der Waals surface area contributed by atoms with Gasteiger partial charge >= 0.3 is 0 Å². The van der Waals surface area contributed by atoms with Gasteiger partial charge in [-0.15, -0.1) is 0 Å². The molecular weight excluding hydrogens is 270 g/mol. The highest BCUT2D eigenvalue weighted by molar-refractivity contribution is 5.81. The Hall–Kier alpha value is -3.02. The highest BCUT2D eigenvalue weighted by atomic mass is 16.6. The number of benzene rings is 1. The zero-order valence-electron chi connectivity index (χ0n) is 11.0. The van der Waals surface area contributed by atoms with Crippen LogP contribution in [0.1, 0.15) is 5.56 Å². The molecular formula is C15H11N3O3. The number of nitro groups is 1. The number of pyridine rings is 2. The van der Waals surface area contributed by atoms with E-state index in [1.807, 2.05) is 30.3 Å². The molecule has 0 aliphatic rings. The largest absolute Gasteiger partial charge is 0.304 e. The van der Waals surface area contributed by atoms with Crippen LogP contribution in [0.2, 0.25) is 0 Å². The van der Waals surface area contributed by atoms with Crippen LogP contribution in [-0.4, -0.2) is 14.5 Å². The summed E-state index contributed by atoms with van der Waals surface area (Å²) < 4.78 is 1.32. The molecule has 21 heavy (non-hydrogen) atoms. The lowest BCUT2D eigenvalue weighted by Gasteiger charge is -2.08. The van der Waals surface area contributed by atoms with E-state index in [1.165, 1.54) is 22.9 Å². The molecule has 0 saturated carbocycles. The molecule has 0 atom stereocenters. The summed E-state index contributed by atoms with van der Waals surface area (Å²) in [6.07, 6.45) is 2.94. The molecule has 0 fully saturated rings. The summed E-state index contributed by atoms with van der Waals surface area (Å²) >= 11 is 0. The highest BCUT2D eigenvalue weighted by Crippen LogP contribution is 2.17. The first kappa shape index (κ1) is 13.0. The van der Waals surface area contributed by atoms with E-state index in [-0.39, 0.29) is 17.8 Å². The van der Waals surface area contributed by atoms with E-state index in [4.69, 9.17) is 0 Å². The van der Waals surface area contributed by atoms with Crippen molar-refractivity contribution in [1.29, 1.82) is 0 Å². The maximum absolute atomic E-state index is 11.9. The van der Waals surface area contributed by atoms with Crippen molar-refractivity contribution in [1.82, 2.24) is 9.55 Å². The average molecular weight is 281 g/mol. The average Bonchev–Trinajstić information content (AvgIpc) is 2.49. The van der Waals surface area contributed by atoms with Gasteiger partial charge in [0.25, 0.3) is 11.2 Å². The second kappa shape index (κ2) is 5.16. The minimum Gasteiger partial charge on any atom is -0.304 e. The van der Waals surface area contributed by atoms with E-state index in [9.17, 15) is 14.9 Å². The topological polar surface area (TPSA) is 78.0 Å². The number of hydrogen-bond acceptors (Lipinski definition) is 4. The number of hydrogen-bond donors (Lipinski definition) is 0. The molecule has 0 amide bonds. The first-order chi connectivity index (χ1) is 10.1. The zero-order chi connectivity index (χ0) is 14.8. The maximum Gasteiger partial charge on any atom is 0.285 e. The molecule has 0 radical (unpaired) electrons. The van der Waals surface area contributed by atoms with E-state index in [0.717, 1.165) is 16.5 Å². The number of para-hydroxylation sites is 1. The Bertz CT molecular complexity index is 881. The number of nitrogens with zero attached hydrogens (tertiary/aromatic N) is 3. The van der Waals surface area contributed by atoms with Crippen LogP contribution in [0.4, 0.5) is 5.69 Å². The molecule has 0 N–H and O–H groups in total. The second-order valence-electron chi connectivity index (χ2n) is 4.60. The Labute approximate surface area is 119 Å². The molecule has 0 spiro atoms. The van der Waals surface area contributed by atoms with Gasteiger partial charge in [0.05, 0.1) is 23.2 Å². The van der Waals surface area contributed by atoms with Gasteiger partial charge in [-0.3, -0.25) is 19.9 Å². The van der Waals surface area contributed by atoms with Crippen molar-refractivity contribution in [2.75, 3.05) is 0 Å². The van der Waals surface area contributed by atoms with E-state index >= 15 is 0 Å². The molecule has 6 heteroatoms. The predicted molar refractivity (Wildman–Crippen MR) is 78.2 cm³/mol. The monoisotopic (exact) mass is 281 g/mol. The number of fused-ring (bicyclic) bond motifs is 1. The Morgan fingerprint density at radius 2 is 1.95 bits per heavy atom. The van der Waals surface area contributed by atoms with Gasteiger partial charge in [0, 0.05) is 23.7 Å². The summed E-state index contributed by atoms with van der Waals surface area (Å²) in [4.78, 5) is 26.5. The van der Waals surface area contributed by atoms with E-state index < -0.39 is 4.92 Å². The van der Waals surface area contributed by atoms with Crippen LogP contribution in [0.5, 0.6) is 0 Å². The van der Waals surface area contributed by atoms with Crippen molar-refractivity contribution in [2.24, 2.45) is 0 Å². The van der Waals surface area contributed by atoms with Crippen molar-refractivity contribution in [3.8, 4) is 0 Å². The maximum atomic E-state index is 11.9. The molecule has 0 bridgehead atoms. The number of aromatic nitrogens is 2. The van der Waals surface area contributed by atoms with Crippen LogP contribution in [0.3, 0.4) is 0 Å². The quantitative estimate of drug-likeness (QED) is 0.545. The third kappa shape index (κ3) is 2.51. The van der Waals surface area contributed by atoms with Crippen molar-refractivity contribution < 1.29 is 4.92 Å². The molecule has 1 aromatic carbocycles. The molecule has 104 valence electrons. The minimum absolute atomic E-state index is 0.109. The molecule has 0 aliphatic heterocycles. The fourth-order valence-corrected chi connectivity index (χ4v) is 2.23. The van der Waals surface area contributed by atoms with Crippen molar-refractivity contribution in [3.05, 3.63) is 80.9 Å². The molecule has 3 rings (SSSR count). The van der Waals surface area contributed by atoms with Crippen molar-refractivity contribution >= 4 is 16.6 Å². The van der Waals surface area contributed by atoms with Crippen molar-refractivity contribution in [3.63, 3.8) is 0 Å². The van der Waals surface area contributed by atoms with E-state index in [0.29, 0.717) is 0 Å². The fourth-order valence-electron chi connectivity index (χ4n) is 2.23. The second-order valence-corrected chi connectivity index (χ2v) is 4.60. The Morgan fingerprint density at radius 1 is 1.14 bits per heavy atom. The lowest BCUT2D eigenvalue weighted by Crippen LogP contribution is -2.19. The van der Waals surface area contributed by atoms with Gasteiger partial charge in [0.2, 0.25) is 0 Å². The Balaban J connectivity index is 2.09. The summed E-state index contributed by atoms with van der Waals surface area (Å²) in [5, 5.41) is 11.8. The van der Waals surface area contributed by atoms with Crippen LogP contribution >= 0.6 is 0 Å². The third-order valence-electron chi connectivity index (χ3n) is 3.24. The molecule has 0 unspecified atom stereocenters. The van der Waals surface area contributed by atoms with Crippen molar-refractivity contribution in [2.45, 2.75) is 6.54 Å². The summed E-state index contributed by atoms with van der Waals surface area (Å²) in [6, 6.07) is 11.9. The third-order valence-corrected chi connectivity index (χ3v) is 3.24. The summed E-state index contributed by atoms with van der Waals surface area (Å²) in [5.74, 6) is 0. The van der Waals surface area contributed by atoms with Gasteiger partial charge in [-0.25, -0.2) is 0 Å². The van der Waals surface area contributed by atoms with Gasteiger partial charge in [-0.2, -0.15) is 0 Å². The van der Waals surface area contributed by atoms with Crippen LogP contribution in [0, 0.1) is 10.1 Å². The van der Waals surface area contributed by atoms with Gasteiger partial charge in [-0.05, 0) is 11.6 Å². The van der Waals surface area contributed by atoms with Crippen LogP contribution in [0.25, 0.3) is 10.9 Å². The standard InChI is InChI=1S/C15H11N3O3/c19-14-7-6-13(18(20)21)10-17(14)9-12-4-1-3-11-5-2-8-16-15(11)12/h1-8,10H,9H2. The number of rotatable bonds is 3. The van der Waals surface area contributed by atoms with Gasteiger partial charge in [0.1, 0.15) is 0 Å². The van der Waals surface area contributed by atoms with Crippen LogP contribution < -0.4 is 5.56 Å². The van der Waals surface area contributed by atoms with E-state index in [1.54, 1.807) is 6.20 Å². The molecule has 3 aromatic rings.